The molecule has 1 aliphatic heterocycles. The zero-order chi connectivity index (χ0) is 20.1. The molecule has 0 amide bonds. The highest BCUT2D eigenvalue weighted by Crippen LogP contribution is 2.39. The smallest absolute Gasteiger partial charge is 0.294 e. The lowest BCUT2D eigenvalue weighted by molar-refractivity contribution is -0.151. The minimum absolute atomic E-state index is 0.550. The lowest BCUT2D eigenvalue weighted by Gasteiger charge is -2.42. The largest absolute Gasteiger partial charge is 0.455 e. The van der Waals surface area contributed by atoms with Crippen LogP contribution in [-0.4, -0.2) is 31.0 Å². The number of carbonyl (C=O) groups excluding carboxylic acids is 1. The SMILES string of the molecule is CCN1CCCC(OC=O)(c2ccccc2CSc2cccc3ccccc23)C1. The summed E-state index contributed by atoms with van der Waals surface area (Å²) < 4.78 is 5.82. The van der Waals surface area contributed by atoms with Crippen LogP contribution in [0.2, 0.25) is 0 Å². The van der Waals surface area contributed by atoms with Gasteiger partial charge in [0.2, 0.25) is 0 Å². The van der Waals surface area contributed by atoms with Gasteiger partial charge in [-0.1, -0.05) is 67.6 Å². The van der Waals surface area contributed by atoms with Crippen molar-refractivity contribution in [1.82, 2.24) is 4.90 Å². The summed E-state index contributed by atoms with van der Waals surface area (Å²) in [4.78, 5) is 15.1. The van der Waals surface area contributed by atoms with Crippen molar-refractivity contribution >= 4 is 29.0 Å². The highest BCUT2D eigenvalue weighted by Gasteiger charge is 2.40. The zero-order valence-electron chi connectivity index (χ0n) is 16.8. The summed E-state index contributed by atoms with van der Waals surface area (Å²) in [5.41, 5.74) is 1.84. The van der Waals surface area contributed by atoms with Gasteiger partial charge in [-0.25, -0.2) is 0 Å². The van der Waals surface area contributed by atoms with Gasteiger partial charge in [0, 0.05) is 22.8 Å². The second-order valence-electron chi connectivity index (χ2n) is 7.60. The average molecular weight is 406 g/mol. The fraction of sp³-hybridized carbons (Fsp3) is 0.320. The lowest BCUT2D eigenvalue weighted by atomic mass is 9.83. The van der Waals surface area contributed by atoms with E-state index in [4.69, 9.17) is 4.74 Å². The molecule has 3 aromatic carbocycles. The molecular weight excluding hydrogens is 378 g/mol. The molecular formula is C25H27NO2S. The van der Waals surface area contributed by atoms with Crippen molar-refractivity contribution in [1.29, 1.82) is 0 Å². The Morgan fingerprint density at radius 1 is 1.07 bits per heavy atom. The van der Waals surface area contributed by atoms with Gasteiger partial charge in [0.15, 0.2) is 0 Å². The average Bonchev–Trinajstić information content (AvgIpc) is 2.78. The molecule has 1 saturated heterocycles. The minimum atomic E-state index is -0.550. The number of carbonyl (C=O) groups is 1. The molecule has 1 heterocycles. The molecule has 4 rings (SSSR count). The van der Waals surface area contributed by atoms with E-state index in [1.165, 1.54) is 21.2 Å². The number of piperidine rings is 1. The highest BCUT2D eigenvalue weighted by molar-refractivity contribution is 7.98. The molecule has 1 fully saturated rings. The van der Waals surface area contributed by atoms with Crippen LogP contribution in [0.4, 0.5) is 0 Å². The molecule has 0 N–H and O–H groups in total. The summed E-state index contributed by atoms with van der Waals surface area (Å²) in [6.45, 7) is 5.59. The first-order chi connectivity index (χ1) is 14.3. The number of benzene rings is 3. The van der Waals surface area contributed by atoms with Gasteiger partial charge in [0.05, 0.1) is 0 Å². The molecule has 150 valence electrons. The van der Waals surface area contributed by atoms with E-state index in [2.05, 4.69) is 78.6 Å². The fourth-order valence-corrected chi connectivity index (χ4v) is 5.50. The van der Waals surface area contributed by atoms with E-state index in [0.717, 1.165) is 43.8 Å². The standard InChI is InChI=1S/C25H27NO2S/c1-2-26-16-8-15-25(18-26,28-19-27)23-13-6-4-10-21(23)17-29-24-14-7-11-20-9-3-5-12-22(20)24/h3-7,9-14,19H,2,8,15-18H2,1H3. The van der Waals surface area contributed by atoms with Gasteiger partial charge in [0.25, 0.3) is 6.47 Å². The van der Waals surface area contributed by atoms with E-state index in [0.29, 0.717) is 6.47 Å². The van der Waals surface area contributed by atoms with Crippen molar-refractivity contribution in [3.8, 4) is 0 Å². The summed E-state index contributed by atoms with van der Waals surface area (Å²) in [5, 5.41) is 2.54. The molecule has 0 aliphatic carbocycles. The molecule has 3 aromatic rings. The number of hydrogen-bond donors (Lipinski definition) is 0. The van der Waals surface area contributed by atoms with Crippen LogP contribution in [0.15, 0.2) is 71.6 Å². The molecule has 0 bridgehead atoms. The van der Waals surface area contributed by atoms with E-state index in [9.17, 15) is 4.79 Å². The molecule has 0 spiro atoms. The summed E-state index contributed by atoms with van der Waals surface area (Å²) in [5.74, 6) is 0.847. The second-order valence-corrected chi connectivity index (χ2v) is 8.62. The number of thioether (sulfide) groups is 1. The molecule has 1 aliphatic rings. The van der Waals surface area contributed by atoms with Crippen LogP contribution in [0.25, 0.3) is 10.8 Å². The Morgan fingerprint density at radius 2 is 1.86 bits per heavy atom. The molecule has 1 atom stereocenters. The first-order valence-electron chi connectivity index (χ1n) is 10.3. The molecule has 29 heavy (non-hydrogen) atoms. The Bertz CT molecular complexity index is 984. The predicted molar refractivity (Wildman–Crippen MR) is 120 cm³/mol. The van der Waals surface area contributed by atoms with E-state index >= 15 is 0 Å². The number of likely N-dealkylation sites (N-methyl/N-ethyl adjacent to an activating group) is 1. The van der Waals surface area contributed by atoms with Crippen molar-refractivity contribution in [2.45, 2.75) is 36.0 Å². The van der Waals surface area contributed by atoms with Crippen LogP contribution in [0.1, 0.15) is 30.9 Å². The normalized spacial score (nSPS) is 19.9. The Morgan fingerprint density at radius 3 is 2.72 bits per heavy atom. The summed E-state index contributed by atoms with van der Waals surface area (Å²) in [7, 11) is 0. The maximum Gasteiger partial charge on any atom is 0.294 e. The molecule has 0 radical (unpaired) electrons. The quantitative estimate of drug-likeness (QED) is 0.377. The summed E-state index contributed by atoms with van der Waals surface area (Å²) in [6.07, 6.45) is 1.91. The van der Waals surface area contributed by atoms with Gasteiger partial charge >= 0.3 is 0 Å². The van der Waals surface area contributed by atoms with Crippen molar-refractivity contribution in [3.05, 3.63) is 77.9 Å². The van der Waals surface area contributed by atoms with Gasteiger partial charge in [-0.15, -0.1) is 11.8 Å². The number of rotatable bonds is 7. The third-order valence-corrected chi connectivity index (χ3v) is 7.02. The number of hydrogen-bond acceptors (Lipinski definition) is 4. The Kier molecular flexibility index (Phi) is 6.22. The second kappa shape index (κ2) is 9.02. The molecule has 0 saturated carbocycles. The first kappa shape index (κ1) is 20.0. The van der Waals surface area contributed by atoms with Gasteiger partial charge in [-0.3, -0.25) is 9.69 Å². The van der Waals surface area contributed by atoms with Gasteiger partial charge < -0.3 is 4.74 Å². The van der Waals surface area contributed by atoms with Crippen LogP contribution >= 0.6 is 11.8 Å². The zero-order valence-corrected chi connectivity index (χ0v) is 17.7. The predicted octanol–water partition coefficient (Wildman–Crippen LogP) is 5.62. The summed E-state index contributed by atoms with van der Waals surface area (Å²) in [6, 6.07) is 23.4. The highest BCUT2D eigenvalue weighted by atomic mass is 32.2. The molecule has 3 nitrogen and oxygen atoms in total. The Balaban J connectivity index is 1.64. The summed E-state index contributed by atoms with van der Waals surface area (Å²) >= 11 is 1.85. The maximum absolute atomic E-state index is 11.4. The fourth-order valence-electron chi connectivity index (χ4n) is 4.42. The minimum Gasteiger partial charge on any atom is -0.455 e. The lowest BCUT2D eigenvalue weighted by Crippen LogP contribution is -2.48. The number of likely N-dealkylation sites (tertiary alicyclic amines) is 1. The van der Waals surface area contributed by atoms with E-state index in [1.54, 1.807) is 0 Å². The Labute approximate surface area is 177 Å². The van der Waals surface area contributed by atoms with Crippen molar-refractivity contribution in [3.63, 3.8) is 0 Å². The Hall–Kier alpha value is -2.30. The van der Waals surface area contributed by atoms with E-state index in [1.807, 2.05) is 11.8 Å². The molecule has 1 unspecified atom stereocenters. The number of nitrogens with zero attached hydrogens (tertiary/aromatic N) is 1. The topological polar surface area (TPSA) is 29.5 Å². The van der Waals surface area contributed by atoms with E-state index in [-0.39, 0.29) is 0 Å². The van der Waals surface area contributed by atoms with Gasteiger partial charge in [0.1, 0.15) is 5.60 Å². The van der Waals surface area contributed by atoms with Gasteiger partial charge in [-0.2, -0.15) is 0 Å². The third kappa shape index (κ3) is 4.19. The molecule has 4 heteroatoms. The van der Waals surface area contributed by atoms with Crippen molar-refractivity contribution in [2.24, 2.45) is 0 Å². The molecule has 0 aromatic heterocycles. The van der Waals surface area contributed by atoms with Crippen molar-refractivity contribution < 1.29 is 9.53 Å². The first-order valence-corrected chi connectivity index (χ1v) is 11.3. The monoisotopic (exact) mass is 405 g/mol. The van der Waals surface area contributed by atoms with Crippen LogP contribution in [0.5, 0.6) is 0 Å². The van der Waals surface area contributed by atoms with Crippen LogP contribution in [0, 0.1) is 0 Å². The van der Waals surface area contributed by atoms with Crippen molar-refractivity contribution in [2.75, 3.05) is 19.6 Å². The number of fused-ring (bicyclic) bond motifs is 1. The van der Waals surface area contributed by atoms with Crippen LogP contribution in [0.3, 0.4) is 0 Å². The van der Waals surface area contributed by atoms with E-state index < -0.39 is 5.60 Å². The third-order valence-electron chi connectivity index (χ3n) is 5.90. The maximum atomic E-state index is 11.4. The van der Waals surface area contributed by atoms with Crippen LogP contribution < -0.4 is 0 Å². The number of ether oxygens (including phenoxy) is 1. The van der Waals surface area contributed by atoms with Crippen LogP contribution in [-0.2, 0) is 20.9 Å². The van der Waals surface area contributed by atoms with Gasteiger partial charge in [-0.05, 0) is 48.3 Å².